The summed E-state index contributed by atoms with van der Waals surface area (Å²) in [6.45, 7) is -0.402. The van der Waals surface area contributed by atoms with Crippen molar-refractivity contribution in [3.8, 4) is 0 Å². The van der Waals surface area contributed by atoms with Crippen LogP contribution in [0.5, 0.6) is 0 Å². The van der Waals surface area contributed by atoms with Crippen molar-refractivity contribution in [3.63, 3.8) is 0 Å². The number of aromatic nitrogens is 2. The molecule has 0 aliphatic rings. The van der Waals surface area contributed by atoms with Crippen molar-refractivity contribution in [2.24, 2.45) is 0 Å². The average molecular weight is 349 g/mol. The number of H-pyrrole nitrogens is 1. The molecule has 7 heteroatoms. The van der Waals surface area contributed by atoms with Gasteiger partial charge >= 0.3 is 5.97 Å². The summed E-state index contributed by atoms with van der Waals surface area (Å²) in [5, 5.41) is 0.647. The van der Waals surface area contributed by atoms with E-state index < -0.39 is 18.4 Å². The number of carbonyl (C=O) groups excluding carboxylic acids is 2. The molecule has 5 nitrogen and oxygen atoms in total. The van der Waals surface area contributed by atoms with Crippen LogP contribution in [0.3, 0.4) is 0 Å². The first-order chi connectivity index (χ1) is 11.0. The number of halogens is 2. The molecule has 0 atom stereocenters. The molecule has 0 fully saturated rings. The smallest absolute Gasteiger partial charge is 0.338 e. The maximum Gasteiger partial charge on any atom is 0.338 e. The molecule has 0 unspecified atom stereocenters. The molecule has 0 saturated heterocycles. The Bertz CT molecular complexity index is 905. The Morgan fingerprint density at radius 1 is 1.13 bits per heavy atom. The van der Waals surface area contributed by atoms with E-state index in [1.54, 1.807) is 24.3 Å². The minimum absolute atomic E-state index is 0.220. The first-order valence-electron chi connectivity index (χ1n) is 6.63. The summed E-state index contributed by atoms with van der Waals surface area (Å²) >= 11 is 11.7. The monoisotopic (exact) mass is 348 g/mol. The van der Waals surface area contributed by atoms with E-state index >= 15 is 0 Å². The highest BCUT2D eigenvalue weighted by molar-refractivity contribution is 6.36. The van der Waals surface area contributed by atoms with Crippen LogP contribution in [0.25, 0.3) is 11.0 Å². The summed E-state index contributed by atoms with van der Waals surface area (Å²) in [6, 6.07) is 9.41. The number of nitrogens with one attached hydrogen (secondary N) is 1. The van der Waals surface area contributed by atoms with Crippen molar-refractivity contribution < 1.29 is 14.3 Å². The van der Waals surface area contributed by atoms with Crippen LogP contribution in [0.15, 0.2) is 42.7 Å². The number of hydrogen-bond acceptors (Lipinski definition) is 4. The molecule has 1 aromatic heterocycles. The van der Waals surface area contributed by atoms with Gasteiger partial charge in [-0.3, -0.25) is 4.79 Å². The van der Waals surface area contributed by atoms with Gasteiger partial charge in [0.1, 0.15) is 0 Å². The molecule has 0 spiro atoms. The zero-order valence-corrected chi connectivity index (χ0v) is 13.2. The lowest BCUT2D eigenvalue weighted by Gasteiger charge is -2.06. The van der Waals surface area contributed by atoms with Gasteiger partial charge in [0, 0.05) is 10.6 Å². The number of aromatic amines is 1. The summed E-state index contributed by atoms with van der Waals surface area (Å²) in [4.78, 5) is 31.1. The molecule has 116 valence electrons. The van der Waals surface area contributed by atoms with Gasteiger partial charge in [0.15, 0.2) is 6.61 Å². The van der Waals surface area contributed by atoms with Crippen molar-refractivity contribution in [1.82, 2.24) is 9.97 Å². The number of ether oxygens (including phenoxy) is 1. The summed E-state index contributed by atoms with van der Waals surface area (Å²) in [5.41, 5.74) is 2.04. The Labute approximate surface area is 141 Å². The van der Waals surface area contributed by atoms with E-state index in [2.05, 4.69) is 9.97 Å². The summed E-state index contributed by atoms with van der Waals surface area (Å²) in [7, 11) is 0. The number of hydrogen-bond donors (Lipinski definition) is 1. The first kappa shape index (κ1) is 15.5. The number of esters is 1. The Morgan fingerprint density at radius 3 is 2.74 bits per heavy atom. The molecular formula is C16H10Cl2N2O3. The Kier molecular flexibility index (Phi) is 4.32. The fourth-order valence-corrected chi connectivity index (χ4v) is 2.58. The predicted molar refractivity (Wildman–Crippen MR) is 87.2 cm³/mol. The molecule has 1 N–H and O–H groups in total. The van der Waals surface area contributed by atoms with Gasteiger partial charge in [0.25, 0.3) is 0 Å². The zero-order chi connectivity index (χ0) is 16.4. The maximum atomic E-state index is 12.1. The highest BCUT2D eigenvalue weighted by atomic mass is 35.5. The van der Waals surface area contributed by atoms with Crippen LogP contribution in [-0.4, -0.2) is 28.3 Å². The van der Waals surface area contributed by atoms with Gasteiger partial charge in [0.2, 0.25) is 5.78 Å². The topological polar surface area (TPSA) is 72.1 Å². The molecule has 0 aliphatic carbocycles. The van der Waals surface area contributed by atoms with E-state index in [1.165, 1.54) is 18.5 Å². The lowest BCUT2D eigenvalue weighted by Crippen LogP contribution is -2.14. The van der Waals surface area contributed by atoms with Gasteiger partial charge in [-0.1, -0.05) is 23.2 Å². The lowest BCUT2D eigenvalue weighted by atomic mass is 10.1. The van der Waals surface area contributed by atoms with E-state index in [0.717, 1.165) is 5.52 Å². The SMILES string of the molecule is O=C(OCC(=O)c1ccc(Cl)cc1Cl)c1ccc2nc[nH]c2c1. The van der Waals surface area contributed by atoms with Crippen molar-refractivity contribution in [2.75, 3.05) is 6.61 Å². The van der Waals surface area contributed by atoms with Crippen molar-refractivity contribution in [3.05, 3.63) is 63.9 Å². The average Bonchev–Trinajstić information content (AvgIpc) is 2.99. The minimum atomic E-state index is -0.597. The number of rotatable bonds is 4. The summed E-state index contributed by atoms with van der Waals surface area (Å²) < 4.78 is 5.04. The van der Waals surface area contributed by atoms with E-state index in [4.69, 9.17) is 27.9 Å². The van der Waals surface area contributed by atoms with Crippen LogP contribution in [0.1, 0.15) is 20.7 Å². The van der Waals surface area contributed by atoms with Crippen LogP contribution in [0.2, 0.25) is 10.0 Å². The molecule has 0 radical (unpaired) electrons. The van der Waals surface area contributed by atoms with Gasteiger partial charge in [-0.2, -0.15) is 0 Å². The Morgan fingerprint density at radius 2 is 1.96 bits per heavy atom. The number of Topliss-reactive ketones (excluding diaryl/α,β-unsaturated/α-hetero) is 1. The van der Waals surface area contributed by atoms with Gasteiger partial charge in [0.05, 0.1) is 27.9 Å². The zero-order valence-electron chi connectivity index (χ0n) is 11.7. The molecule has 0 saturated carbocycles. The van der Waals surface area contributed by atoms with Gasteiger partial charge in [-0.25, -0.2) is 9.78 Å². The number of ketones is 1. The lowest BCUT2D eigenvalue weighted by molar-refractivity contribution is 0.0475. The van der Waals surface area contributed by atoms with Crippen molar-refractivity contribution in [2.45, 2.75) is 0 Å². The minimum Gasteiger partial charge on any atom is -0.454 e. The van der Waals surface area contributed by atoms with E-state index in [-0.39, 0.29) is 10.6 Å². The van der Waals surface area contributed by atoms with E-state index in [1.807, 2.05) is 0 Å². The standard InChI is InChI=1S/C16H10Cl2N2O3/c17-10-2-3-11(12(18)6-10)15(21)7-23-16(22)9-1-4-13-14(5-9)20-8-19-13/h1-6,8H,7H2,(H,19,20). The Balaban J connectivity index is 1.69. The third-order valence-corrected chi connectivity index (χ3v) is 3.77. The van der Waals surface area contributed by atoms with Gasteiger partial charge in [-0.15, -0.1) is 0 Å². The van der Waals surface area contributed by atoms with Crippen LogP contribution in [0.4, 0.5) is 0 Å². The third kappa shape index (κ3) is 3.36. The summed E-state index contributed by atoms with van der Waals surface area (Å²) in [5.74, 6) is -0.998. The van der Waals surface area contributed by atoms with Gasteiger partial charge in [-0.05, 0) is 36.4 Å². The molecule has 0 aliphatic heterocycles. The number of nitrogens with zero attached hydrogens (tertiary/aromatic N) is 1. The normalized spacial score (nSPS) is 10.7. The van der Waals surface area contributed by atoms with Crippen LogP contribution in [-0.2, 0) is 4.74 Å². The molecule has 23 heavy (non-hydrogen) atoms. The van der Waals surface area contributed by atoms with E-state index in [0.29, 0.717) is 16.1 Å². The number of imidazole rings is 1. The van der Waals surface area contributed by atoms with E-state index in [9.17, 15) is 9.59 Å². The largest absolute Gasteiger partial charge is 0.454 e. The molecule has 3 rings (SSSR count). The van der Waals surface area contributed by atoms with Crippen molar-refractivity contribution >= 4 is 46.0 Å². The molecule has 2 aromatic carbocycles. The Hall–Kier alpha value is -2.37. The third-order valence-electron chi connectivity index (χ3n) is 3.22. The van der Waals surface area contributed by atoms with Crippen LogP contribution in [0, 0.1) is 0 Å². The molecule has 0 bridgehead atoms. The number of carbonyl (C=O) groups is 2. The molecular weight excluding hydrogens is 339 g/mol. The fraction of sp³-hybridized carbons (Fsp3) is 0.0625. The molecule has 1 heterocycles. The highest BCUT2D eigenvalue weighted by Crippen LogP contribution is 2.21. The summed E-state index contributed by atoms with van der Waals surface area (Å²) in [6.07, 6.45) is 1.53. The fourth-order valence-electron chi connectivity index (χ4n) is 2.07. The number of fused-ring (bicyclic) bond motifs is 1. The first-order valence-corrected chi connectivity index (χ1v) is 7.39. The predicted octanol–water partition coefficient (Wildman–Crippen LogP) is 3.91. The van der Waals surface area contributed by atoms with Gasteiger partial charge < -0.3 is 9.72 Å². The van der Waals surface area contributed by atoms with Crippen LogP contribution < -0.4 is 0 Å². The van der Waals surface area contributed by atoms with Crippen molar-refractivity contribution in [1.29, 1.82) is 0 Å². The highest BCUT2D eigenvalue weighted by Gasteiger charge is 2.15. The number of benzene rings is 2. The molecule has 0 amide bonds. The maximum absolute atomic E-state index is 12.1. The second-order valence-corrected chi connectivity index (χ2v) is 5.60. The molecule has 3 aromatic rings. The quantitative estimate of drug-likeness (QED) is 0.573. The van der Waals surface area contributed by atoms with Crippen LogP contribution >= 0.6 is 23.2 Å². The second-order valence-electron chi connectivity index (χ2n) is 4.76. The second kappa shape index (κ2) is 6.40.